The van der Waals surface area contributed by atoms with Crippen molar-refractivity contribution in [2.75, 3.05) is 46.4 Å². The standard InChI is InChI=1S/C19H27BrN2O3/c1-3-10-25-18-16(20)11-15(12-17(18)24-2)19(23)22-8-6-21(7-9-22)13-14-4-5-14/h11-12,14H,3-10,13H2,1-2H3. The number of piperazine rings is 1. The molecule has 5 nitrogen and oxygen atoms in total. The first-order valence-electron chi connectivity index (χ1n) is 9.14. The number of nitrogens with zero attached hydrogens (tertiary/aromatic N) is 2. The fourth-order valence-electron chi connectivity index (χ4n) is 3.17. The fraction of sp³-hybridized carbons (Fsp3) is 0.632. The molecule has 25 heavy (non-hydrogen) atoms. The highest BCUT2D eigenvalue weighted by Gasteiger charge is 2.28. The average Bonchev–Trinajstić information content (AvgIpc) is 3.44. The van der Waals surface area contributed by atoms with Crippen molar-refractivity contribution in [2.24, 2.45) is 5.92 Å². The molecule has 1 aliphatic heterocycles. The molecule has 2 fully saturated rings. The molecule has 0 aromatic heterocycles. The van der Waals surface area contributed by atoms with Crippen molar-refractivity contribution >= 4 is 21.8 Å². The van der Waals surface area contributed by atoms with Crippen LogP contribution >= 0.6 is 15.9 Å². The Labute approximate surface area is 158 Å². The number of carbonyl (C=O) groups excluding carboxylic acids is 1. The van der Waals surface area contributed by atoms with Crippen molar-refractivity contribution in [1.29, 1.82) is 0 Å². The van der Waals surface area contributed by atoms with E-state index >= 15 is 0 Å². The summed E-state index contributed by atoms with van der Waals surface area (Å²) in [5, 5.41) is 0. The van der Waals surface area contributed by atoms with Gasteiger partial charge in [-0.2, -0.15) is 0 Å². The van der Waals surface area contributed by atoms with Crippen LogP contribution in [-0.2, 0) is 0 Å². The van der Waals surface area contributed by atoms with E-state index in [1.165, 1.54) is 19.4 Å². The summed E-state index contributed by atoms with van der Waals surface area (Å²) in [4.78, 5) is 17.3. The second kappa shape index (κ2) is 8.41. The highest BCUT2D eigenvalue weighted by Crippen LogP contribution is 2.37. The van der Waals surface area contributed by atoms with Gasteiger partial charge in [-0.25, -0.2) is 0 Å². The van der Waals surface area contributed by atoms with E-state index in [1.807, 2.05) is 11.0 Å². The van der Waals surface area contributed by atoms with Crippen molar-refractivity contribution in [3.63, 3.8) is 0 Å². The SMILES string of the molecule is CCCOc1c(Br)cc(C(=O)N2CCN(CC3CC3)CC2)cc1OC. The zero-order valence-electron chi connectivity index (χ0n) is 15.1. The number of hydrogen-bond acceptors (Lipinski definition) is 4. The van der Waals surface area contributed by atoms with E-state index in [1.54, 1.807) is 13.2 Å². The van der Waals surface area contributed by atoms with Crippen LogP contribution in [0.25, 0.3) is 0 Å². The fourth-order valence-corrected chi connectivity index (χ4v) is 3.73. The van der Waals surface area contributed by atoms with E-state index < -0.39 is 0 Å². The van der Waals surface area contributed by atoms with E-state index in [0.29, 0.717) is 23.7 Å². The van der Waals surface area contributed by atoms with Gasteiger partial charge < -0.3 is 14.4 Å². The van der Waals surface area contributed by atoms with Gasteiger partial charge >= 0.3 is 0 Å². The van der Waals surface area contributed by atoms with Crippen LogP contribution in [0.15, 0.2) is 16.6 Å². The molecule has 2 aliphatic rings. The van der Waals surface area contributed by atoms with Gasteiger partial charge in [0.25, 0.3) is 5.91 Å². The lowest BCUT2D eigenvalue weighted by Crippen LogP contribution is -2.49. The lowest BCUT2D eigenvalue weighted by molar-refractivity contribution is 0.0631. The van der Waals surface area contributed by atoms with Crippen LogP contribution in [0.2, 0.25) is 0 Å². The molecule has 1 saturated carbocycles. The molecule has 3 rings (SSSR count). The zero-order valence-corrected chi connectivity index (χ0v) is 16.7. The molecule has 0 spiro atoms. The lowest BCUT2D eigenvalue weighted by atomic mass is 10.1. The van der Waals surface area contributed by atoms with Crippen molar-refractivity contribution in [3.05, 3.63) is 22.2 Å². The third kappa shape index (κ3) is 4.67. The summed E-state index contributed by atoms with van der Waals surface area (Å²) in [5.74, 6) is 2.22. The molecule has 1 heterocycles. The summed E-state index contributed by atoms with van der Waals surface area (Å²) in [6, 6.07) is 3.63. The molecule has 138 valence electrons. The molecule has 1 amide bonds. The minimum Gasteiger partial charge on any atom is -0.493 e. The lowest BCUT2D eigenvalue weighted by Gasteiger charge is -2.35. The third-order valence-corrected chi connectivity index (χ3v) is 5.39. The monoisotopic (exact) mass is 410 g/mol. The first kappa shape index (κ1) is 18.5. The van der Waals surface area contributed by atoms with Gasteiger partial charge in [0, 0.05) is 38.3 Å². The summed E-state index contributed by atoms with van der Waals surface area (Å²) >= 11 is 3.52. The van der Waals surface area contributed by atoms with Gasteiger partial charge in [0.15, 0.2) is 11.5 Å². The second-order valence-electron chi connectivity index (χ2n) is 6.87. The molecule has 0 N–H and O–H groups in total. The molecule has 0 atom stereocenters. The summed E-state index contributed by atoms with van der Waals surface area (Å²) in [6.45, 7) is 7.40. The number of amides is 1. The van der Waals surface area contributed by atoms with E-state index in [2.05, 4.69) is 27.8 Å². The Morgan fingerprint density at radius 2 is 1.96 bits per heavy atom. The van der Waals surface area contributed by atoms with Gasteiger partial charge in [-0.1, -0.05) is 6.92 Å². The topological polar surface area (TPSA) is 42.0 Å². The smallest absolute Gasteiger partial charge is 0.254 e. The Balaban J connectivity index is 1.66. The van der Waals surface area contributed by atoms with Crippen LogP contribution in [0.3, 0.4) is 0 Å². The van der Waals surface area contributed by atoms with Crippen LogP contribution in [0, 0.1) is 5.92 Å². The average molecular weight is 411 g/mol. The number of methoxy groups -OCH3 is 1. The normalized spacial score (nSPS) is 18.3. The van der Waals surface area contributed by atoms with Crippen molar-refractivity contribution in [2.45, 2.75) is 26.2 Å². The molecule has 1 aliphatic carbocycles. The van der Waals surface area contributed by atoms with Gasteiger partial charge in [0.05, 0.1) is 18.2 Å². The number of halogens is 1. The van der Waals surface area contributed by atoms with Crippen molar-refractivity contribution < 1.29 is 14.3 Å². The minimum absolute atomic E-state index is 0.0621. The molecule has 0 bridgehead atoms. The molecule has 0 radical (unpaired) electrons. The maximum atomic E-state index is 12.9. The number of benzene rings is 1. The molecular formula is C19H27BrN2O3. The van der Waals surface area contributed by atoms with Gasteiger partial charge in [-0.05, 0) is 53.2 Å². The van der Waals surface area contributed by atoms with Crippen LogP contribution < -0.4 is 9.47 Å². The second-order valence-corrected chi connectivity index (χ2v) is 7.73. The number of rotatable bonds is 7. The number of hydrogen-bond donors (Lipinski definition) is 0. The van der Waals surface area contributed by atoms with Gasteiger partial charge in [0.2, 0.25) is 0 Å². The summed E-state index contributed by atoms with van der Waals surface area (Å²) in [6.07, 6.45) is 3.67. The van der Waals surface area contributed by atoms with Crippen LogP contribution in [-0.4, -0.2) is 62.1 Å². The highest BCUT2D eigenvalue weighted by atomic mass is 79.9. The third-order valence-electron chi connectivity index (χ3n) is 4.80. The Morgan fingerprint density at radius 1 is 1.24 bits per heavy atom. The van der Waals surface area contributed by atoms with E-state index in [9.17, 15) is 4.79 Å². The maximum absolute atomic E-state index is 12.9. The van der Waals surface area contributed by atoms with E-state index in [4.69, 9.17) is 9.47 Å². The number of ether oxygens (including phenoxy) is 2. The number of carbonyl (C=O) groups is 1. The summed E-state index contributed by atoms with van der Waals surface area (Å²) in [7, 11) is 1.60. The summed E-state index contributed by atoms with van der Waals surface area (Å²) < 4.78 is 11.9. The Kier molecular flexibility index (Phi) is 6.23. The molecular weight excluding hydrogens is 384 g/mol. The Hall–Kier alpha value is -1.27. The predicted octanol–water partition coefficient (Wildman–Crippen LogP) is 3.41. The van der Waals surface area contributed by atoms with Crippen molar-refractivity contribution in [1.82, 2.24) is 9.80 Å². The van der Waals surface area contributed by atoms with E-state index in [-0.39, 0.29) is 5.91 Å². The first-order valence-corrected chi connectivity index (χ1v) is 9.93. The highest BCUT2D eigenvalue weighted by molar-refractivity contribution is 9.10. The zero-order chi connectivity index (χ0) is 17.8. The Bertz CT molecular complexity index is 611. The minimum atomic E-state index is 0.0621. The summed E-state index contributed by atoms with van der Waals surface area (Å²) in [5.41, 5.74) is 0.642. The quantitative estimate of drug-likeness (QED) is 0.690. The van der Waals surface area contributed by atoms with Gasteiger partial charge in [0.1, 0.15) is 0 Å². The van der Waals surface area contributed by atoms with Crippen LogP contribution in [0.5, 0.6) is 11.5 Å². The molecule has 1 aromatic rings. The van der Waals surface area contributed by atoms with Crippen LogP contribution in [0.1, 0.15) is 36.5 Å². The largest absolute Gasteiger partial charge is 0.493 e. The molecule has 1 saturated heterocycles. The van der Waals surface area contributed by atoms with Gasteiger partial charge in [-0.3, -0.25) is 9.69 Å². The first-order chi connectivity index (χ1) is 12.1. The molecule has 1 aromatic carbocycles. The van der Waals surface area contributed by atoms with E-state index in [0.717, 1.165) is 43.0 Å². The Morgan fingerprint density at radius 3 is 2.56 bits per heavy atom. The molecule has 0 unspecified atom stereocenters. The maximum Gasteiger partial charge on any atom is 0.254 e. The van der Waals surface area contributed by atoms with Crippen LogP contribution in [0.4, 0.5) is 0 Å². The molecule has 6 heteroatoms. The van der Waals surface area contributed by atoms with Gasteiger partial charge in [-0.15, -0.1) is 0 Å². The predicted molar refractivity (Wildman–Crippen MR) is 102 cm³/mol. The van der Waals surface area contributed by atoms with Crippen molar-refractivity contribution in [3.8, 4) is 11.5 Å².